The molecule has 1 fully saturated rings. The van der Waals surface area contributed by atoms with Crippen LogP contribution >= 0.6 is 0 Å². The third-order valence-corrected chi connectivity index (χ3v) is 4.54. The van der Waals surface area contributed by atoms with Crippen LogP contribution < -0.4 is 10.6 Å². The Balaban J connectivity index is 1.46. The highest BCUT2D eigenvalue weighted by molar-refractivity contribution is 5.34. The number of nitrogens with two attached hydrogens (primary N) is 1. The van der Waals surface area contributed by atoms with Crippen molar-refractivity contribution in [2.45, 2.75) is 25.3 Å². The highest BCUT2D eigenvalue weighted by Crippen LogP contribution is 2.19. The minimum absolute atomic E-state index is 0.178. The number of aromatic amines is 1. The molecule has 0 bridgehead atoms. The molecule has 1 aliphatic rings. The maximum absolute atomic E-state index is 12.9. The number of anilines is 2. The van der Waals surface area contributed by atoms with Gasteiger partial charge in [0.1, 0.15) is 5.82 Å². The number of hydrogen-bond acceptors (Lipinski definition) is 5. The second-order valence-corrected chi connectivity index (χ2v) is 6.09. The lowest BCUT2D eigenvalue weighted by molar-refractivity contribution is 0.209. The van der Waals surface area contributed by atoms with Crippen molar-refractivity contribution in [3.8, 4) is 0 Å². The molecule has 0 unspecified atom stereocenters. The van der Waals surface area contributed by atoms with Crippen molar-refractivity contribution in [3.63, 3.8) is 0 Å². The summed E-state index contributed by atoms with van der Waals surface area (Å²) in [7, 11) is 2.16. The maximum Gasteiger partial charge on any atom is 0.241 e. The number of rotatable bonds is 5. The van der Waals surface area contributed by atoms with Crippen LogP contribution in [-0.4, -0.2) is 52.8 Å². The molecule has 23 heavy (non-hydrogen) atoms. The maximum atomic E-state index is 12.9. The van der Waals surface area contributed by atoms with Crippen molar-refractivity contribution in [1.82, 2.24) is 20.1 Å². The fourth-order valence-electron chi connectivity index (χ4n) is 3.06. The first kappa shape index (κ1) is 15.7. The van der Waals surface area contributed by atoms with Gasteiger partial charge in [0, 0.05) is 25.7 Å². The van der Waals surface area contributed by atoms with Gasteiger partial charge in [0.15, 0.2) is 0 Å². The Morgan fingerprint density at radius 3 is 2.61 bits per heavy atom. The number of hydrogen-bond donors (Lipinski definition) is 2. The molecule has 3 N–H and O–H groups in total. The first-order valence-electron chi connectivity index (χ1n) is 7.99. The van der Waals surface area contributed by atoms with Gasteiger partial charge in [-0.2, -0.15) is 4.98 Å². The van der Waals surface area contributed by atoms with E-state index < -0.39 is 0 Å². The van der Waals surface area contributed by atoms with Crippen molar-refractivity contribution >= 4 is 11.9 Å². The summed E-state index contributed by atoms with van der Waals surface area (Å²) in [4.78, 5) is 8.77. The molecule has 0 amide bonds. The molecule has 0 spiro atoms. The Morgan fingerprint density at radius 2 is 2.00 bits per heavy atom. The van der Waals surface area contributed by atoms with E-state index in [1.54, 1.807) is 0 Å². The van der Waals surface area contributed by atoms with Crippen LogP contribution in [0.1, 0.15) is 18.4 Å². The van der Waals surface area contributed by atoms with Gasteiger partial charge in [-0.05, 0) is 44.0 Å². The van der Waals surface area contributed by atoms with Crippen LogP contribution in [0.5, 0.6) is 0 Å². The molecule has 0 radical (unpaired) electrons. The molecule has 124 valence electrons. The molecule has 3 rings (SSSR count). The molecule has 1 saturated heterocycles. The molecule has 1 aromatic heterocycles. The molecule has 0 saturated carbocycles. The summed E-state index contributed by atoms with van der Waals surface area (Å²) in [6, 6.07) is 7.33. The van der Waals surface area contributed by atoms with Crippen molar-refractivity contribution in [3.05, 3.63) is 35.6 Å². The molecular weight excluding hydrogens is 295 g/mol. The first-order chi connectivity index (χ1) is 11.1. The van der Waals surface area contributed by atoms with Gasteiger partial charge < -0.3 is 15.5 Å². The number of nitrogen functional groups attached to an aromatic ring is 1. The van der Waals surface area contributed by atoms with Gasteiger partial charge in [0.05, 0.1) is 0 Å². The fourth-order valence-corrected chi connectivity index (χ4v) is 3.06. The van der Waals surface area contributed by atoms with Crippen LogP contribution in [0.3, 0.4) is 0 Å². The van der Waals surface area contributed by atoms with Gasteiger partial charge >= 0.3 is 0 Å². The van der Waals surface area contributed by atoms with E-state index >= 15 is 0 Å². The lowest BCUT2D eigenvalue weighted by Crippen LogP contribution is -2.44. The summed E-state index contributed by atoms with van der Waals surface area (Å²) >= 11 is 0. The summed E-state index contributed by atoms with van der Waals surface area (Å²) in [5, 5.41) is 6.74. The Kier molecular flexibility index (Phi) is 4.76. The number of nitrogens with zero attached hydrogens (tertiary/aromatic N) is 4. The summed E-state index contributed by atoms with van der Waals surface area (Å²) in [6.45, 7) is 2.87. The summed E-state index contributed by atoms with van der Waals surface area (Å²) in [5.41, 5.74) is 6.73. The zero-order valence-electron chi connectivity index (χ0n) is 13.4. The molecule has 2 aromatic rings. The monoisotopic (exact) mass is 318 g/mol. The van der Waals surface area contributed by atoms with Crippen molar-refractivity contribution in [1.29, 1.82) is 0 Å². The smallest absolute Gasteiger partial charge is 0.241 e. The minimum Gasteiger partial charge on any atom is -0.366 e. The van der Waals surface area contributed by atoms with Gasteiger partial charge in [0.25, 0.3) is 0 Å². The molecule has 1 aromatic carbocycles. The number of nitrogens with one attached hydrogen (secondary N) is 1. The van der Waals surface area contributed by atoms with Gasteiger partial charge in [-0.15, -0.1) is 5.10 Å². The zero-order chi connectivity index (χ0) is 16.2. The fraction of sp³-hybridized carbons (Fsp3) is 0.500. The number of likely N-dealkylation sites (N-methyl/N-ethyl adjacent to an activating group) is 1. The average Bonchev–Trinajstić information content (AvgIpc) is 3.01. The number of benzene rings is 1. The van der Waals surface area contributed by atoms with Crippen molar-refractivity contribution in [2.24, 2.45) is 0 Å². The van der Waals surface area contributed by atoms with E-state index in [-0.39, 0.29) is 5.82 Å². The van der Waals surface area contributed by atoms with E-state index in [4.69, 9.17) is 5.73 Å². The van der Waals surface area contributed by atoms with Gasteiger partial charge in [-0.3, -0.25) is 0 Å². The van der Waals surface area contributed by atoms with E-state index in [1.165, 1.54) is 17.7 Å². The standard InChI is InChI=1S/C16H23FN6/c1-22(9-6-12-2-4-13(17)5-3-12)14-7-10-23(11-8-14)16-19-15(18)20-21-16/h2-5,14H,6-11H2,1H3,(H3,18,19,20,21). The lowest BCUT2D eigenvalue weighted by atomic mass is 10.0. The Morgan fingerprint density at radius 1 is 1.30 bits per heavy atom. The third-order valence-electron chi connectivity index (χ3n) is 4.54. The first-order valence-corrected chi connectivity index (χ1v) is 7.99. The SMILES string of the molecule is CN(CCc1ccc(F)cc1)C1CCN(c2nc(N)n[nH]2)CC1. The van der Waals surface area contributed by atoms with Crippen LogP contribution in [0, 0.1) is 5.82 Å². The quantitative estimate of drug-likeness (QED) is 0.877. The van der Waals surface area contributed by atoms with E-state index in [0.29, 0.717) is 12.0 Å². The predicted molar refractivity (Wildman–Crippen MR) is 88.8 cm³/mol. The second kappa shape index (κ2) is 6.95. The van der Waals surface area contributed by atoms with Crippen molar-refractivity contribution < 1.29 is 4.39 Å². The van der Waals surface area contributed by atoms with Crippen LogP contribution in [0.25, 0.3) is 0 Å². The van der Waals surface area contributed by atoms with Crippen LogP contribution in [0.4, 0.5) is 16.3 Å². The normalized spacial score (nSPS) is 16.2. The van der Waals surface area contributed by atoms with Gasteiger partial charge in [0.2, 0.25) is 11.9 Å². The molecule has 7 heteroatoms. The minimum atomic E-state index is -0.178. The Labute approximate surface area is 135 Å². The molecule has 0 atom stereocenters. The van der Waals surface area contributed by atoms with Crippen molar-refractivity contribution in [2.75, 3.05) is 37.3 Å². The average molecular weight is 318 g/mol. The predicted octanol–water partition coefficient (Wildman–Crippen LogP) is 1.67. The van der Waals surface area contributed by atoms with Crippen LogP contribution in [-0.2, 0) is 6.42 Å². The molecule has 2 heterocycles. The summed E-state index contributed by atoms with van der Waals surface area (Å²) < 4.78 is 12.9. The molecule has 1 aliphatic heterocycles. The summed E-state index contributed by atoms with van der Waals surface area (Å²) in [6.07, 6.45) is 3.11. The van der Waals surface area contributed by atoms with E-state index in [2.05, 4.69) is 32.0 Å². The number of H-pyrrole nitrogens is 1. The highest BCUT2D eigenvalue weighted by atomic mass is 19.1. The number of aromatic nitrogens is 3. The van der Waals surface area contributed by atoms with E-state index in [0.717, 1.165) is 44.8 Å². The van der Waals surface area contributed by atoms with Gasteiger partial charge in [-0.25, -0.2) is 9.49 Å². The lowest BCUT2D eigenvalue weighted by Gasteiger charge is -2.36. The van der Waals surface area contributed by atoms with Crippen LogP contribution in [0.15, 0.2) is 24.3 Å². The molecule has 6 nitrogen and oxygen atoms in total. The van der Waals surface area contributed by atoms with E-state index in [9.17, 15) is 4.39 Å². The van der Waals surface area contributed by atoms with Crippen LogP contribution in [0.2, 0.25) is 0 Å². The van der Waals surface area contributed by atoms with E-state index in [1.807, 2.05) is 12.1 Å². The summed E-state index contributed by atoms with van der Waals surface area (Å²) in [5.74, 6) is 0.871. The Hall–Kier alpha value is -2.15. The number of halogens is 1. The Bertz CT molecular complexity index is 618. The number of piperidine rings is 1. The largest absolute Gasteiger partial charge is 0.366 e. The molecule has 0 aliphatic carbocycles. The second-order valence-electron chi connectivity index (χ2n) is 6.09. The molecular formula is C16H23FN6. The highest BCUT2D eigenvalue weighted by Gasteiger charge is 2.23. The van der Waals surface area contributed by atoms with Gasteiger partial charge in [-0.1, -0.05) is 12.1 Å². The zero-order valence-corrected chi connectivity index (χ0v) is 13.4. The third kappa shape index (κ3) is 3.98. The topological polar surface area (TPSA) is 74.1 Å².